The second-order valence-electron chi connectivity index (χ2n) is 9.38. The summed E-state index contributed by atoms with van der Waals surface area (Å²) in [5.74, 6) is -1.04. The molecule has 37 heavy (non-hydrogen) atoms. The smallest absolute Gasteiger partial charge is 0.469 e. The highest BCUT2D eigenvalue weighted by atomic mass is 19.4. The summed E-state index contributed by atoms with van der Waals surface area (Å²) in [5, 5.41) is 27.1. The van der Waals surface area contributed by atoms with E-state index in [0.29, 0.717) is 5.56 Å². The average molecular weight is 531 g/mol. The van der Waals surface area contributed by atoms with E-state index in [1.54, 1.807) is 13.8 Å². The third-order valence-corrected chi connectivity index (χ3v) is 5.64. The Hall–Kier alpha value is -3.23. The fourth-order valence-corrected chi connectivity index (χ4v) is 3.83. The molecule has 204 valence electrons. The summed E-state index contributed by atoms with van der Waals surface area (Å²) in [7, 11) is 1.27. The zero-order chi connectivity index (χ0) is 27.4. The minimum absolute atomic E-state index is 0.0327. The van der Waals surface area contributed by atoms with Crippen LogP contribution in [0.25, 0.3) is 11.4 Å². The van der Waals surface area contributed by atoms with Crippen LogP contribution in [0.4, 0.5) is 13.2 Å². The molecule has 3 rings (SSSR count). The summed E-state index contributed by atoms with van der Waals surface area (Å²) in [6.45, 7) is 3.41. The topological polar surface area (TPSA) is 153 Å². The number of alkyl halides is 3. The van der Waals surface area contributed by atoms with Gasteiger partial charge in [-0.2, -0.15) is 4.98 Å². The van der Waals surface area contributed by atoms with Gasteiger partial charge in [0, 0.05) is 18.5 Å². The van der Waals surface area contributed by atoms with Gasteiger partial charge in [-0.15, -0.1) is 13.2 Å². The van der Waals surface area contributed by atoms with Gasteiger partial charge in [0.25, 0.3) is 0 Å². The maximum atomic E-state index is 12.3. The molecule has 1 fully saturated rings. The highest BCUT2D eigenvalue weighted by Gasteiger charge is 2.43. The maximum Gasteiger partial charge on any atom is 0.573 e. The van der Waals surface area contributed by atoms with Gasteiger partial charge < -0.3 is 34.3 Å². The molecule has 1 aliphatic heterocycles. The van der Waals surface area contributed by atoms with Crippen LogP contribution in [-0.2, 0) is 25.5 Å². The van der Waals surface area contributed by atoms with Crippen LogP contribution in [0.3, 0.4) is 0 Å². The number of halogens is 3. The Morgan fingerprint density at radius 1 is 1.08 bits per heavy atom. The molecule has 1 aromatic heterocycles. The molecule has 2 heterocycles. The summed E-state index contributed by atoms with van der Waals surface area (Å²) in [6.07, 6.45) is -9.20. The van der Waals surface area contributed by atoms with Gasteiger partial charge in [0.05, 0.1) is 26.1 Å². The quantitative estimate of drug-likeness (QED) is 0.387. The lowest BCUT2D eigenvalue weighted by Crippen LogP contribution is -2.41. The first-order chi connectivity index (χ1) is 17.3. The molecule has 0 aliphatic carbocycles. The predicted molar refractivity (Wildman–Crippen MR) is 119 cm³/mol. The van der Waals surface area contributed by atoms with Gasteiger partial charge in [0.1, 0.15) is 24.1 Å². The van der Waals surface area contributed by atoms with Crippen molar-refractivity contribution < 1.29 is 51.7 Å². The molecule has 4 atom stereocenters. The van der Waals surface area contributed by atoms with Crippen molar-refractivity contribution in [1.82, 2.24) is 15.5 Å². The minimum atomic E-state index is -4.81. The molecule has 1 aliphatic rings. The van der Waals surface area contributed by atoms with Gasteiger partial charge >= 0.3 is 12.3 Å². The van der Waals surface area contributed by atoms with E-state index in [1.807, 2.05) is 0 Å². The normalized spacial score (nSPS) is 22.1. The number of aliphatic hydroxyl groups excluding tert-OH is 2. The van der Waals surface area contributed by atoms with Crippen LogP contribution in [0.15, 0.2) is 28.8 Å². The highest BCUT2D eigenvalue weighted by molar-refractivity contribution is 5.78. The van der Waals surface area contributed by atoms with Crippen molar-refractivity contribution in [3.05, 3.63) is 30.2 Å². The number of esters is 1. The van der Waals surface area contributed by atoms with Crippen LogP contribution in [0.5, 0.6) is 5.75 Å². The van der Waals surface area contributed by atoms with Crippen molar-refractivity contribution in [3.8, 4) is 17.1 Å². The second-order valence-corrected chi connectivity index (χ2v) is 9.38. The molecular formula is C23H28F3N3O8. The second kappa shape index (κ2) is 11.4. The fourth-order valence-electron chi connectivity index (χ4n) is 3.83. The summed E-state index contributed by atoms with van der Waals surface area (Å²) in [6, 6.07) is 4.86. The third kappa shape index (κ3) is 8.13. The first-order valence-corrected chi connectivity index (χ1v) is 11.3. The van der Waals surface area contributed by atoms with Crippen LogP contribution in [0, 0.1) is 5.41 Å². The lowest BCUT2D eigenvalue weighted by molar-refractivity contribution is -0.274. The largest absolute Gasteiger partial charge is 0.573 e. The molecule has 1 saturated heterocycles. The zero-order valence-electron chi connectivity index (χ0n) is 20.3. The molecular weight excluding hydrogens is 503 g/mol. The lowest BCUT2D eigenvalue weighted by Gasteiger charge is -2.23. The number of hydrogen-bond donors (Lipinski definition) is 3. The zero-order valence-corrected chi connectivity index (χ0v) is 20.3. The van der Waals surface area contributed by atoms with E-state index in [2.05, 4.69) is 24.9 Å². The number of amides is 1. The number of benzene rings is 1. The van der Waals surface area contributed by atoms with Crippen molar-refractivity contribution in [2.75, 3.05) is 13.7 Å². The highest BCUT2D eigenvalue weighted by Crippen LogP contribution is 2.28. The number of hydrogen-bond acceptors (Lipinski definition) is 10. The standard InChI is InChI=1S/C23H28F3N3O8/c1-22(2,10-18(31)34-3)9-16(30)27-11-15-20(33)19(32)14(35-15)8-17-28-21(29-37-17)12-4-6-13(7-5-12)36-23(24,25)26/h4-7,14-15,19-20,32-33H,8-11H2,1-3H3,(H,27,30)/t14-,15+,19-,20+/m0/s1. The molecule has 11 nitrogen and oxygen atoms in total. The van der Waals surface area contributed by atoms with Crippen LogP contribution >= 0.6 is 0 Å². The Bertz CT molecular complexity index is 1070. The van der Waals surface area contributed by atoms with Crippen molar-refractivity contribution in [2.24, 2.45) is 5.41 Å². The van der Waals surface area contributed by atoms with E-state index in [9.17, 15) is 33.0 Å². The van der Waals surface area contributed by atoms with Gasteiger partial charge in [0.2, 0.25) is 17.6 Å². The number of ether oxygens (including phenoxy) is 3. The molecule has 2 aromatic rings. The number of aliphatic hydroxyl groups is 2. The maximum absolute atomic E-state index is 12.3. The molecule has 1 aromatic carbocycles. The number of carbonyl (C=O) groups excluding carboxylic acids is 2. The van der Waals surface area contributed by atoms with E-state index in [1.165, 1.54) is 19.2 Å². The molecule has 0 radical (unpaired) electrons. The number of nitrogens with zero attached hydrogens (tertiary/aromatic N) is 2. The number of rotatable bonds is 10. The molecule has 3 N–H and O–H groups in total. The summed E-state index contributed by atoms with van der Waals surface area (Å²) in [4.78, 5) is 28.0. The molecule has 0 saturated carbocycles. The third-order valence-electron chi connectivity index (χ3n) is 5.64. The van der Waals surface area contributed by atoms with Gasteiger partial charge in [-0.25, -0.2) is 0 Å². The Labute approximate surface area is 209 Å². The van der Waals surface area contributed by atoms with Gasteiger partial charge in [0.15, 0.2) is 0 Å². The number of carbonyl (C=O) groups is 2. The predicted octanol–water partition coefficient (Wildman–Crippen LogP) is 1.76. The van der Waals surface area contributed by atoms with E-state index in [-0.39, 0.29) is 43.4 Å². The minimum Gasteiger partial charge on any atom is -0.469 e. The first-order valence-electron chi connectivity index (χ1n) is 11.3. The summed E-state index contributed by atoms with van der Waals surface area (Å²) >= 11 is 0. The van der Waals surface area contributed by atoms with Crippen LogP contribution < -0.4 is 10.1 Å². The van der Waals surface area contributed by atoms with E-state index < -0.39 is 47.9 Å². The van der Waals surface area contributed by atoms with Gasteiger partial charge in [-0.1, -0.05) is 19.0 Å². The Kier molecular flexibility index (Phi) is 8.76. The Morgan fingerprint density at radius 3 is 2.35 bits per heavy atom. The van der Waals surface area contributed by atoms with Crippen molar-refractivity contribution in [1.29, 1.82) is 0 Å². The van der Waals surface area contributed by atoms with E-state index in [0.717, 1.165) is 12.1 Å². The van der Waals surface area contributed by atoms with Crippen LogP contribution in [0.2, 0.25) is 0 Å². The Balaban J connectivity index is 1.53. The monoisotopic (exact) mass is 531 g/mol. The molecule has 0 unspecified atom stereocenters. The van der Waals surface area contributed by atoms with Crippen LogP contribution in [-0.4, -0.2) is 76.7 Å². The Morgan fingerprint density at radius 2 is 1.73 bits per heavy atom. The van der Waals surface area contributed by atoms with Crippen LogP contribution in [0.1, 0.15) is 32.6 Å². The van der Waals surface area contributed by atoms with E-state index in [4.69, 9.17) is 9.26 Å². The number of nitrogens with one attached hydrogen (secondary N) is 1. The fraction of sp³-hybridized carbons (Fsp3) is 0.565. The summed E-state index contributed by atoms with van der Waals surface area (Å²) < 4.78 is 56.2. The summed E-state index contributed by atoms with van der Waals surface area (Å²) in [5.41, 5.74) is -0.274. The first kappa shape index (κ1) is 28.3. The SMILES string of the molecule is COC(=O)CC(C)(C)CC(=O)NC[C@H]1O[C@@H](Cc2nc(-c3ccc(OC(F)(F)F)cc3)no2)[C@H](O)[C@@H]1O. The van der Waals surface area contributed by atoms with Crippen molar-refractivity contribution >= 4 is 11.9 Å². The number of methoxy groups -OCH3 is 1. The molecule has 1 amide bonds. The molecule has 0 bridgehead atoms. The van der Waals surface area contributed by atoms with E-state index >= 15 is 0 Å². The van der Waals surface area contributed by atoms with Gasteiger partial charge in [-0.3, -0.25) is 9.59 Å². The average Bonchev–Trinajstić information content (AvgIpc) is 3.37. The van der Waals surface area contributed by atoms with Gasteiger partial charge in [-0.05, 0) is 29.7 Å². The molecule has 14 heteroatoms. The molecule has 0 spiro atoms. The lowest BCUT2D eigenvalue weighted by atomic mass is 9.85. The van der Waals surface area contributed by atoms with Crippen molar-refractivity contribution in [2.45, 2.75) is 63.9 Å². The van der Waals surface area contributed by atoms with Crippen molar-refractivity contribution in [3.63, 3.8) is 0 Å². The number of aromatic nitrogens is 2.